The van der Waals surface area contributed by atoms with E-state index in [9.17, 15) is 13.6 Å². The molecule has 0 saturated heterocycles. The van der Waals surface area contributed by atoms with Gasteiger partial charge < -0.3 is 9.64 Å². The summed E-state index contributed by atoms with van der Waals surface area (Å²) in [6, 6.07) is 3.05. The van der Waals surface area contributed by atoms with E-state index in [4.69, 9.17) is 4.74 Å². The summed E-state index contributed by atoms with van der Waals surface area (Å²) < 4.78 is 36.1. The molecule has 0 saturated carbocycles. The summed E-state index contributed by atoms with van der Waals surface area (Å²) >= 11 is 1.31. The number of unbranched alkanes of at least 4 members (excludes halogenated alkanes) is 1. The molecule has 0 fully saturated rings. The molecule has 1 N–H and O–H groups in total. The van der Waals surface area contributed by atoms with Crippen molar-refractivity contribution in [2.45, 2.75) is 33.6 Å². The number of anilines is 1. The third-order valence-corrected chi connectivity index (χ3v) is 4.38. The van der Waals surface area contributed by atoms with E-state index < -0.39 is 11.6 Å². The van der Waals surface area contributed by atoms with E-state index in [0.717, 1.165) is 37.0 Å². The number of carbonyl (C=O) groups is 1. The number of hydrogen-bond donors (Lipinski definition) is 1. The van der Waals surface area contributed by atoms with Crippen LogP contribution >= 0.6 is 11.9 Å². The third kappa shape index (κ3) is 7.36. The normalized spacial score (nSPS) is 11.1. The molecular formula is C22H26F2N4O2S. The van der Waals surface area contributed by atoms with Crippen molar-refractivity contribution in [2.75, 3.05) is 17.5 Å². The number of aromatic nitrogens is 2. The van der Waals surface area contributed by atoms with Crippen LogP contribution in [0.15, 0.2) is 42.2 Å². The Bertz CT molecular complexity index is 963. The number of nitrogens with zero attached hydrogens (tertiary/aromatic N) is 3. The van der Waals surface area contributed by atoms with Gasteiger partial charge in [0.2, 0.25) is 12.4 Å². The molecule has 0 atom stereocenters. The number of halogens is 2. The Balaban J connectivity index is 2.59. The SMILES string of the molecule is CCCCN(C=O)/C=C(\C=C(C)C)c1nc(NSC)ncc1Oc1ccc(F)cc1F. The van der Waals surface area contributed by atoms with Crippen molar-refractivity contribution in [3.05, 3.63) is 59.6 Å². The second-order valence-electron chi connectivity index (χ2n) is 6.89. The molecule has 1 aromatic carbocycles. The number of carbonyl (C=O) groups excluding carboxylic acids is 1. The van der Waals surface area contributed by atoms with E-state index in [-0.39, 0.29) is 11.5 Å². The molecule has 0 spiro atoms. The molecule has 0 bridgehead atoms. The average Bonchev–Trinajstić information content (AvgIpc) is 2.73. The maximum Gasteiger partial charge on any atom is 0.233 e. The number of nitrogens with one attached hydrogen (secondary N) is 1. The smallest absolute Gasteiger partial charge is 0.233 e. The minimum Gasteiger partial charge on any atom is -0.450 e. The fourth-order valence-electron chi connectivity index (χ4n) is 2.61. The van der Waals surface area contributed by atoms with E-state index >= 15 is 0 Å². The fourth-order valence-corrected chi connectivity index (χ4v) is 2.89. The maximum atomic E-state index is 14.2. The highest BCUT2D eigenvalue weighted by atomic mass is 32.2. The van der Waals surface area contributed by atoms with Gasteiger partial charge in [0.15, 0.2) is 17.3 Å². The van der Waals surface area contributed by atoms with Crippen LogP contribution in [0.5, 0.6) is 11.5 Å². The van der Waals surface area contributed by atoms with E-state index in [2.05, 4.69) is 14.7 Å². The molecule has 2 aromatic rings. The van der Waals surface area contributed by atoms with Crippen molar-refractivity contribution in [3.8, 4) is 11.5 Å². The van der Waals surface area contributed by atoms with Crippen molar-refractivity contribution in [3.63, 3.8) is 0 Å². The molecule has 6 nitrogen and oxygen atoms in total. The summed E-state index contributed by atoms with van der Waals surface area (Å²) in [6.45, 7) is 6.41. The summed E-state index contributed by atoms with van der Waals surface area (Å²) in [5.74, 6) is -1.21. The molecule has 0 radical (unpaired) electrons. The number of benzene rings is 1. The highest BCUT2D eigenvalue weighted by molar-refractivity contribution is 7.99. The summed E-state index contributed by atoms with van der Waals surface area (Å²) in [4.78, 5) is 21.8. The quantitative estimate of drug-likeness (QED) is 0.266. The highest BCUT2D eigenvalue weighted by Crippen LogP contribution is 2.32. The first-order chi connectivity index (χ1) is 14.9. The zero-order valence-electron chi connectivity index (χ0n) is 18.0. The monoisotopic (exact) mass is 448 g/mol. The predicted octanol–water partition coefficient (Wildman–Crippen LogP) is 5.80. The Morgan fingerprint density at radius 1 is 1.29 bits per heavy atom. The van der Waals surface area contributed by atoms with Gasteiger partial charge in [-0.25, -0.2) is 18.7 Å². The lowest BCUT2D eigenvalue weighted by atomic mass is 10.1. The number of rotatable bonds is 11. The summed E-state index contributed by atoms with van der Waals surface area (Å²) in [7, 11) is 0. The van der Waals surface area contributed by atoms with Gasteiger partial charge >= 0.3 is 0 Å². The predicted molar refractivity (Wildman–Crippen MR) is 121 cm³/mol. The van der Waals surface area contributed by atoms with Crippen molar-refractivity contribution in [1.82, 2.24) is 14.9 Å². The van der Waals surface area contributed by atoms with Crippen molar-refractivity contribution < 1.29 is 18.3 Å². The summed E-state index contributed by atoms with van der Waals surface area (Å²) in [5.41, 5.74) is 1.91. The van der Waals surface area contributed by atoms with E-state index in [1.54, 1.807) is 6.20 Å². The molecule has 1 amide bonds. The molecule has 9 heteroatoms. The summed E-state index contributed by atoms with van der Waals surface area (Å²) in [5, 5.41) is 0. The summed E-state index contributed by atoms with van der Waals surface area (Å²) in [6.07, 6.45) is 9.28. The van der Waals surface area contributed by atoms with Crippen LogP contribution in [0.1, 0.15) is 39.3 Å². The number of allylic oxidation sites excluding steroid dienone is 3. The van der Waals surface area contributed by atoms with Gasteiger partial charge in [-0.3, -0.25) is 9.52 Å². The zero-order chi connectivity index (χ0) is 22.8. The first kappa shape index (κ1) is 24.3. The second kappa shape index (κ2) is 12.0. The van der Waals surface area contributed by atoms with E-state index in [0.29, 0.717) is 23.8 Å². The van der Waals surface area contributed by atoms with Gasteiger partial charge in [0.05, 0.1) is 6.20 Å². The van der Waals surface area contributed by atoms with Crippen LogP contribution in [0.25, 0.3) is 5.57 Å². The molecule has 0 aliphatic carbocycles. The molecule has 1 heterocycles. The van der Waals surface area contributed by atoms with Gasteiger partial charge in [-0.05, 0) is 32.4 Å². The first-order valence-electron chi connectivity index (χ1n) is 9.75. The van der Waals surface area contributed by atoms with Gasteiger partial charge in [-0.15, -0.1) is 0 Å². The van der Waals surface area contributed by atoms with Gasteiger partial charge in [-0.1, -0.05) is 36.9 Å². The fraction of sp³-hybridized carbons (Fsp3) is 0.318. The highest BCUT2D eigenvalue weighted by Gasteiger charge is 2.16. The number of hydrogen-bond acceptors (Lipinski definition) is 6. The minimum absolute atomic E-state index is 0.161. The van der Waals surface area contributed by atoms with Crippen LogP contribution in [0.4, 0.5) is 14.7 Å². The number of amides is 1. The van der Waals surface area contributed by atoms with E-state index in [1.165, 1.54) is 29.1 Å². The molecule has 0 aliphatic heterocycles. The maximum absolute atomic E-state index is 14.2. The average molecular weight is 449 g/mol. The van der Waals surface area contributed by atoms with Gasteiger partial charge in [0.1, 0.15) is 11.5 Å². The largest absolute Gasteiger partial charge is 0.450 e. The second-order valence-corrected chi connectivity index (χ2v) is 7.50. The van der Waals surface area contributed by atoms with Crippen LogP contribution in [-0.2, 0) is 4.79 Å². The molecule has 0 aliphatic rings. The Labute approximate surface area is 185 Å². The standard InChI is InChI=1S/C22H26F2N4O2S/c1-5-6-9-28(14-29)13-16(10-15(2)3)21-20(12-25-22(26-21)27-31-4)30-19-8-7-17(23)11-18(19)24/h7-8,10-14H,5-6,9H2,1-4H3,(H,25,26,27)/b16-13+. The van der Waals surface area contributed by atoms with Crippen molar-refractivity contribution in [1.29, 1.82) is 0 Å². The molecule has 166 valence electrons. The Morgan fingerprint density at radius 3 is 2.68 bits per heavy atom. The van der Waals surface area contributed by atoms with Crippen LogP contribution in [-0.4, -0.2) is 34.1 Å². The van der Waals surface area contributed by atoms with Crippen LogP contribution in [0.3, 0.4) is 0 Å². The van der Waals surface area contributed by atoms with Crippen LogP contribution in [0, 0.1) is 11.6 Å². The molecular weight excluding hydrogens is 422 g/mol. The minimum atomic E-state index is -0.845. The van der Waals surface area contributed by atoms with Gasteiger partial charge in [0.25, 0.3) is 0 Å². The molecule has 2 rings (SSSR count). The molecule has 0 unspecified atom stereocenters. The third-order valence-electron chi connectivity index (χ3n) is 3.99. The lowest BCUT2D eigenvalue weighted by molar-refractivity contribution is -0.115. The van der Waals surface area contributed by atoms with Gasteiger partial charge in [-0.2, -0.15) is 0 Å². The van der Waals surface area contributed by atoms with Crippen LogP contribution in [0.2, 0.25) is 0 Å². The molecule has 1 aromatic heterocycles. The lowest BCUT2D eigenvalue weighted by Gasteiger charge is -2.17. The first-order valence-corrected chi connectivity index (χ1v) is 11.0. The lowest BCUT2D eigenvalue weighted by Crippen LogP contribution is -2.17. The van der Waals surface area contributed by atoms with Crippen molar-refractivity contribution >= 4 is 29.9 Å². The van der Waals surface area contributed by atoms with Crippen molar-refractivity contribution in [2.24, 2.45) is 0 Å². The Kier molecular flexibility index (Phi) is 9.45. The van der Waals surface area contributed by atoms with Gasteiger partial charge in [0, 0.05) is 30.6 Å². The van der Waals surface area contributed by atoms with Crippen LogP contribution < -0.4 is 9.46 Å². The Hall–Kier alpha value is -2.94. The van der Waals surface area contributed by atoms with E-state index in [1.807, 2.05) is 33.1 Å². The zero-order valence-corrected chi connectivity index (χ0v) is 18.8. The molecule has 31 heavy (non-hydrogen) atoms. The number of ether oxygens (including phenoxy) is 1. The topological polar surface area (TPSA) is 67.4 Å². The Morgan fingerprint density at radius 2 is 2.06 bits per heavy atom.